The van der Waals surface area contributed by atoms with Crippen LogP contribution in [0.25, 0.3) is 10.2 Å². The second-order valence-corrected chi connectivity index (χ2v) is 7.26. The van der Waals surface area contributed by atoms with Crippen LogP contribution in [0.4, 0.5) is 0 Å². The highest BCUT2D eigenvalue weighted by Crippen LogP contribution is 2.23. The van der Waals surface area contributed by atoms with Gasteiger partial charge in [-0.25, -0.2) is 8.42 Å². The Balaban J connectivity index is 2.61. The molecule has 0 aliphatic heterocycles. The number of hydrogen-bond donors (Lipinski definition) is 0. The van der Waals surface area contributed by atoms with E-state index in [9.17, 15) is 13.2 Å². The highest BCUT2D eigenvalue weighted by molar-refractivity contribution is 7.89. The third kappa shape index (κ3) is 2.41. The highest BCUT2D eigenvalue weighted by atomic mass is 32.2. The normalized spacial score (nSPS) is 12.4. The fourth-order valence-electron chi connectivity index (χ4n) is 2.22. The van der Waals surface area contributed by atoms with Crippen LogP contribution < -0.4 is 4.87 Å². The van der Waals surface area contributed by atoms with Crippen LogP contribution in [0, 0.1) is 0 Å². The number of aryl methyl sites for hydroxylation is 1. The topological polar surface area (TPSA) is 59.4 Å². The molecule has 0 saturated heterocycles. The van der Waals surface area contributed by atoms with Gasteiger partial charge in [0.15, 0.2) is 0 Å². The van der Waals surface area contributed by atoms with Gasteiger partial charge in [-0.3, -0.25) is 9.36 Å². The zero-order valence-corrected chi connectivity index (χ0v) is 13.4. The second-order valence-electron chi connectivity index (χ2n) is 4.33. The Hall–Kier alpha value is -1.18. The van der Waals surface area contributed by atoms with E-state index in [2.05, 4.69) is 0 Å². The number of hydrogen-bond acceptors (Lipinski definition) is 4. The van der Waals surface area contributed by atoms with Crippen molar-refractivity contribution in [2.75, 3.05) is 13.1 Å². The minimum absolute atomic E-state index is 0.0557. The standard InChI is InChI=1S/C13H18N2O3S2/c1-4-14(5-2)20(17,18)10-7-8-11-12(9-10)19-13(16)15(11)6-3/h7-9H,4-6H2,1-3H3. The molecule has 2 aromatic rings. The van der Waals surface area contributed by atoms with Gasteiger partial charge in [0, 0.05) is 19.6 Å². The van der Waals surface area contributed by atoms with Gasteiger partial charge in [-0.1, -0.05) is 25.2 Å². The van der Waals surface area contributed by atoms with Gasteiger partial charge in [0.25, 0.3) is 0 Å². The Morgan fingerprint density at radius 3 is 2.40 bits per heavy atom. The molecule has 0 atom stereocenters. The van der Waals surface area contributed by atoms with Crippen molar-refractivity contribution in [1.29, 1.82) is 0 Å². The predicted molar refractivity (Wildman–Crippen MR) is 81.9 cm³/mol. The molecule has 0 amide bonds. The fraction of sp³-hybridized carbons (Fsp3) is 0.462. The third-order valence-corrected chi connectivity index (χ3v) is 6.29. The van der Waals surface area contributed by atoms with E-state index < -0.39 is 10.0 Å². The maximum Gasteiger partial charge on any atom is 0.308 e. The lowest BCUT2D eigenvalue weighted by Gasteiger charge is -2.18. The summed E-state index contributed by atoms with van der Waals surface area (Å²) in [6, 6.07) is 4.89. The zero-order valence-electron chi connectivity index (χ0n) is 11.8. The summed E-state index contributed by atoms with van der Waals surface area (Å²) in [5.74, 6) is 0. The SMILES string of the molecule is CCN(CC)S(=O)(=O)c1ccc2c(c1)sc(=O)n2CC. The maximum absolute atomic E-state index is 12.4. The molecule has 0 aliphatic carbocycles. The van der Waals surface area contributed by atoms with Crippen LogP contribution in [0.1, 0.15) is 20.8 Å². The molecular weight excluding hydrogens is 296 g/mol. The van der Waals surface area contributed by atoms with E-state index in [4.69, 9.17) is 0 Å². The van der Waals surface area contributed by atoms with Gasteiger partial charge in [0.2, 0.25) is 10.0 Å². The molecule has 1 aromatic heterocycles. The lowest BCUT2D eigenvalue weighted by Crippen LogP contribution is -2.30. The number of sulfonamides is 1. The first kappa shape index (κ1) is 15.2. The van der Waals surface area contributed by atoms with Crippen molar-refractivity contribution in [2.24, 2.45) is 0 Å². The fourth-order valence-corrected chi connectivity index (χ4v) is 4.77. The van der Waals surface area contributed by atoms with Gasteiger partial charge >= 0.3 is 4.87 Å². The van der Waals surface area contributed by atoms with Crippen LogP contribution in [0.5, 0.6) is 0 Å². The molecule has 0 saturated carbocycles. The molecule has 0 N–H and O–H groups in total. The lowest BCUT2D eigenvalue weighted by atomic mass is 10.3. The Morgan fingerprint density at radius 1 is 1.20 bits per heavy atom. The molecule has 7 heteroatoms. The molecule has 0 fully saturated rings. The summed E-state index contributed by atoms with van der Waals surface area (Å²) in [4.78, 5) is 12.0. The van der Waals surface area contributed by atoms with E-state index in [1.165, 1.54) is 4.31 Å². The monoisotopic (exact) mass is 314 g/mol. The van der Waals surface area contributed by atoms with E-state index in [0.29, 0.717) is 24.3 Å². The van der Waals surface area contributed by atoms with Crippen molar-refractivity contribution in [1.82, 2.24) is 8.87 Å². The summed E-state index contributed by atoms with van der Waals surface area (Å²) in [6.07, 6.45) is 0. The highest BCUT2D eigenvalue weighted by Gasteiger charge is 2.22. The van der Waals surface area contributed by atoms with E-state index >= 15 is 0 Å². The van der Waals surface area contributed by atoms with Crippen LogP contribution in [0.15, 0.2) is 27.9 Å². The van der Waals surface area contributed by atoms with Gasteiger partial charge in [0.1, 0.15) is 0 Å². The van der Waals surface area contributed by atoms with Gasteiger partial charge in [-0.15, -0.1) is 0 Å². The molecule has 0 radical (unpaired) electrons. The maximum atomic E-state index is 12.4. The van der Waals surface area contributed by atoms with E-state index in [1.54, 1.807) is 22.8 Å². The number of fused-ring (bicyclic) bond motifs is 1. The zero-order chi connectivity index (χ0) is 14.9. The third-order valence-electron chi connectivity index (χ3n) is 3.30. The lowest BCUT2D eigenvalue weighted by molar-refractivity contribution is 0.445. The van der Waals surface area contributed by atoms with Crippen molar-refractivity contribution in [3.8, 4) is 0 Å². The summed E-state index contributed by atoms with van der Waals surface area (Å²) in [5, 5.41) is 0. The van der Waals surface area contributed by atoms with E-state index in [1.807, 2.05) is 20.8 Å². The second kappa shape index (κ2) is 5.67. The minimum atomic E-state index is -3.47. The molecule has 20 heavy (non-hydrogen) atoms. The summed E-state index contributed by atoms with van der Waals surface area (Å²) in [6.45, 7) is 6.97. The summed E-state index contributed by atoms with van der Waals surface area (Å²) in [7, 11) is -3.47. The molecule has 0 bridgehead atoms. The van der Waals surface area contributed by atoms with Crippen LogP contribution >= 0.6 is 11.3 Å². The van der Waals surface area contributed by atoms with Gasteiger partial charge in [-0.2, -0.15) is 4.31 Å². The van der Waals surface area contributed by atoms with Crippen molar-refractivity contribution < 1.29 is 8.42 Å². The van der Waals surface area contributed by atoms with Crippen LogP contribution in [-0.4, -0.2) is 30.4 Å². The largest absolute Gasteiger partial charge is 0.308 e. The first-order chi connectivity index (χ1) is 9.45. The molecular formula is C13H18N2O3S2. The molecule has 0 aliphatic rings. The minimum Gasteiger partial charge on any atom is -0.299 e. The Kier molecular flexibility index (Phi) is 4.31. The van der Waals surface area contributed by atoms with E-state index in [-0.39, 0.29) is 9.77 Å². The average Bonchev–Trinajstić information content (AvgIpc) is 2.73. The predicted octanol–water partition coefficient (Wildman–Crippen LogP) is 2.11. The van der Waals surface area contributed by atoms with Crippen molar-refractivity contribution in [3.05, 3.63) is 27.9 Å². The Labute approximate surface area is 122 Å². The summed E-state index contributed by atoms with van der Waals surface area (Å²) >= 11 is 1.08. The number of thiazole rings is 1. The van der Waals surface area contributed by atoms with Crippen molar-refractivity contribution in [3.63, 3.8) is 0 Å². The van der Waals surface area contributed by atoms with Crippen molar-refractivity contribution in [2.45, 2.75) is 32.2 Å². The quantitative estimate of drug-likeness (QED) is 0.849. The molecule has 1 aromatic carbocycles. The van der Waals surface area contributed by atoms with E-state index in [0.717, 1.165) is 16.9 Å². The van der Waals surface area contributed by atoms with Crippen LogP contribution in [0.3, 0.4) is 0 Å². The Bertz CT molecular complexity index is 771. The molecule has 1 heterocycles. The van der Waals surface area contributed by atoms with Gasteiger partial charge < -0.3 is 0 Å². The molecule has 2 rings (SSSR count). The molecule has 0 unspecified atom stereocenters. The molecule has 0 spiro atoms. The van der Waals surface area contributed by atoms with Crippen LogP contribution in [0.2, 0.25) is 0 Å². The number of nitrogens with zero attached hydrogens (tertiary/aromatic N) is 2. The van der Waals surface area contributed by atoms with Gasteiger partial charge in [0.05, 0.1) is 15.1 Å². The Morgan fingerprint density at radius 2 is 1.85 bits per heavy atom. The number of benzene rings is 1. The molecule has 5 nitrogen and oxygen atoms in total. The van der Waals surface area contributed by atoms with Gasteiger partial charge in [-0.05, 0) is 25.1 Å². The first-order valence-electron chi connectivity index (χ1n) is 6.59. The number of rotatable bonds is 5. The summed E-state index contributed by atoms with van der Waals surface area (Å²) < 4.78 is 28.7. The average molecular weight is 314 g/mol. The number of aromatic nitrogens is 1. The first-order valence-corrected chi connectivity index (χ1v) is 8.84. The van der Waals surface area contributed by atoms with Crippen molar-refractivity contribution >= 4 is 31.6 Å². The smallest absolute Gasteiger partial charge is 0.299 e. The summed E-state index contributed by atoms with van der Waals surface area (Å²) in [5.41, 5.74) is 0.793. The van der Waals surface area contributed by atoms with Crippen LogP contribution in [-0.2, 0) is 16.6 Å². The molecule has 110 valence electrons.